The summed E-state index contributed by atoms with van der Waals surface area (Å²) in [6, 6.07) is 8.01. The number of ether oxygens (including phenoxy) is 1. The topological polar surface area (TPSA) is 84.5 Å². The van der Waals surface area contributed by atoms with Crippen LogP contribution in [0.5, 0.6) is 5.75 Å². The Kier molecular flexibility index (Phi) is 6.86. The number of sulfonamides is 1. The molecule has 0 heterocycles. The van der Waals surface area contributed by atoms with Gasteiger partial charge >= 0.3 is 0 Å². The standard InChI is InChI=1S/C18H20F2N2O4S/c1-3-12(2)22-27(24,25)15-7-5-14(6-8-15)26-11-18(23)21-17-10-13(19)4-9-16(17)20/h4-10,12,22H,3,11H2,1-2H3,(H,21,23)/t12-/m1/s1. The van der Waals surface area contributed by atoms with E-state index in [9.17, 15) is 22.0 Å². The third-order valence-corrected chi connectivity index (χ3v) is 5.28. The highest BCUT2D eigenvalue weighted by Crippen LogP contribution is 2.18. The minimum absolute atomic E-state index is 0.0708. The quantitative estimate of drug-likeness (QED) is 0.716. The minimum atomic E-state index is -3.63. The zero-order chi connectivity index (χ0) is 20.0. The summed E-state index contributed by atoms with van der Waals surface area (Å²) in [6.07, 6.45) is 0.654. The lowest BCUT2D eigenvalue weighted by Gasteiger charge is -2.12. The molecule has 0 aliphatic rings. The van der Waals surface area contributed by atoms with Gasteiger partial charge in [0.2, 0.25) is 10.0 Å². The maximum atomic E-state index is 13.5. The van der Waals surface area contributed by atoms with Crippen molar-refractivity contribution in [2.45, 2.75) is 31.2 Å². The highest BCUT2D eigenvalue weighted by molar-refractivity contribution is 7.89. The van der Waals surface area contributed by atoms with Gasteiger partial charge in [0.15, 0.2) is 6.61 Å². The van der Waals surface area contributed by atoms with E-state index in [0.29, 0.717) is 6.42 Å². The van der Waals surface area contributed by atoms with Crippen LogP contribution in [0.3, 0.4) is 0 Å². The van der Waals surface area contributed by atoms with Crippen LogP contribution >= 0.6 is 0 Å². The molecule has 27 heavy (non-hydrogen) atoms. The van der Waals surface area contributed by atoms with Gasteiger partial charge in [-0.3, -0.25) is 4.79 Å². The third-order valence-electron chi connectivity index (χ3n) is 3.68. The van der Waals surface area contributed by atoms with Crippen molar-refractivity contribution in [2.24, 2.45) is 0 Å². The van der Waals surface area contributed by atoms with Crippen LogP contribution in [0.15, 0.2) is 47.4 Å². The zero-order valence-electron chi connectivity index (χ0n) is 14.8. The lowest BCUT2D eigenvalue weighted by molar-refractivity contribution is -0.118. The number of anilines is 1. The molecule has 0 radical (unpaired) electrons. The summed E-state index contributed by atoms with van der Waals surface area (Å²) in [5.74, 6) is -1.88. The second-order valence-corrected chi connectivity index (χ2v) is 7.58. The highest BCUT2D eigenvalue weighted by atomic mass is 32.2. The minimum Gasteiger partial charge on any atom is -0.484 e. The molecule has 0 unspecified atom stereocenters. The van der Waals surface area contributed by atoms with Crippen LogP contribution < -0.4 is 14.8 Å². The molecule has 0 aliphatic heterocycles. The molecule has 9 heteroatoms. The fourth-order valence-electron chi connectivity index (χ4n) is 2.06. The normalized spacial score (nSPS) is 12.4. The van der Waals surface area contributed by atoms with Crippen LogP contribution in [0.25, 0.3) is 0 Å². The molecule has 2 N–H and O–H groups in total. The second kappa shape index (κ2) is 8.92. The number of amides is 1. The lowest BCUT2D eigenvalue weighted by Crippen LogP contribution is -2.31. The van der Waals surface area contributed by atoms with Gasteiger partial charge in [-0.05, 0) is 49.7 Å². The number of rotatable bonds is 8. The molecular weight excluding hydrogens is 378 g/mol. The molecule has 0 saturated heterocycles. The number of hydrogen-bond acceptors (Lipinski definition) is 4. The Morgan fingerprint density at radius 3 is 2.44 bits per heavy atom. The molecule has 0 aliphatic carbocycles. The van der Waals surface area contributed by atoms with Gasteiger partial charge in [-0.15, -0.1) is 0 Å². The van der Waals surface area contributed by atoms with E-state index < -0.39 is 34.2 Å². The SMILES string of the molecule is CC[C@@H](C)NS(=O)(=O)c1ccc(OCC(=O)Nc2cc(F)ccc2F)cc1. The molecule has 0 fully saturated rings. The first-order valence-corrected chi connectivity index (χ1v) is 9.69. The molecule has 146 valence electrons. The van der Waals surface area contributed by atoms with E-state index in [0.717, 1.165) is 18.2 Å². The van der Waals surface area contributed by atoms with E-state index in [2.05, 4.69) is 10.0 Å². The molecule has 2 aromatic carbocycles. The molecule has 0 aromatic heterocycles. The highest BCUT2D eigenvalue weighted by Gasteiger charge is 2.16. The number of hydrogen-bond donors (Lipinski definition) is 2. The van der Waals surface area contributed by atoms with Crippen LogP contribution in [-0.4, -0.2) is 27.0 Å². The van der Waals surface area contributed by atoms with Gasteiger partial charge in [0.25, 0.3) is 5.91 Å². The van der Waals surface area contributed by atoms with Crippen LogP contribution in [0, 0.1) is 11.6 Å². The maximum Gasteiger partial charge on any atom is 0.262 e. The van der Waals surface area contributed by atoms with Crippen molar-refractivity contribution in [1.82, 2.24) is 4.72 Å². The van der Waals surface area contributed by atoms with Crippen molar-refractivity contribution >= 4 is 21.6 Å². The summed E-state index contributed by atoms with van der Waals surface area (Å²) in [5, 5.41) is 2.20. The molecule has 1 atom stereocenters. The third kappa shape index (κ3) is 6.00. The van der Waals surface area contributed by atoms with Crippen LogP contribution in [0.2, 0.25) is 0 Å². The number of halogens is 2. The van der Waals surface area contributed by atoms with Gasteiger partial charge < -0.3 is 10.1 Å². The van der Waals surface area contributed by atoms with E-state index in [1.807, 2.05) is 6.92 Å². The van der Waals surface area contributed by atoms with Crippen molar-refractivity contribution < 1.29 is 26.7 Å². The molecule has 6 nitrogen and oxygen atoms in total. The van der Waals surface area contributed by atoms with E-state index >= 15 is 0 Å². The summed E-state index contributed by atoms with van der Waals surface area (Å²) < 4.78 is 58.6. The Hall–Kier alpha value is -2.52. The Balaban J connectivity index is 1.95. The molecular formula is C18H20F2N2O4S. The predicted molar refractivity (Wildman–Crippen MR) is 97.0 cm³/mol. The number of carbonyl (C=O) groups excluding carboxylic acids is 1. The summed E-state index contributed by atoms with van der Waals surface area (Å²) >= 11 is 0. The van der Waals surface area contributed by atoms with Crippen molar-refractivity contribution in [3.05, 3.63) is 54.1 Å². The Labute approximate surface area is 156 Å². The van der Waals surface area contributed by atoms with Crippen molar-refractivity contribution in [3.63, 3.8) is 0 Å². The average Bonchev–Trinajstić information content (AvgIpc) is 2.63. The number of carbonyl (C=O) groups is 1. The van der Waals surface area contributed by atoms with Crippen LogP contribution in [0.1, 0.15) is 20.3 Å². The fourth-order valence-corrected chi connectivity index (χ4v) is 3.39. The van der Waals surface area contributed by atoms with Crippen LogP contribution in [0.4, 0.5) is 14.5 Å². The van der Waals surface area contributed by atoms with Gasteiger partial charge in [-0.25, -0.2) is 21.9 Å². The maximum absolute atomic E-state index is 13.5. The summed E-state index contributed by atoms with van der Waals surface area (Å²) in [4.78, 5) is 11.9. The number of benzene rings is 2. The second-order valence-electron chi connectivity index (χ2n) is 5.86. The molecule has 2 rings (SSSR count). The van der Waals surface area contributed by atoms with Crippen LogP contribution in [-0.2, 0) is 14.8 Å². The molecule has 1 amide bonds. The molecule has 0 bridgehead atoms. The van der Waals surface area contributed by atoms with Crippen molar-refractivity contribution in [2.75, 3.05) is 11.9 Å². The fraction of sp³-hybridized carbons (Fsp3) is 0.278. The monoisotopic (exact) mass is 398 g/mol. The van der Waals surface area contributed by atoms with E-state index in [-0.39, 0.29) is 22.4 Å². The Morgan fingerprint density at radius 2 is 1.81 bits per heavy atom. The molecule has 2 aromatic rings. The van der Waals surface area contributed by atoms with E-state index in [1.165, 1.54) is 24.3 Å². The summed E-state index contributed by atoms with van der Waals surface area (Å²) in [5.41, 5.74) is -0.291. The smallest absolute Gasteiger partial charge is 0.262 e. The van der Waals surface area contributed by atoms with Gasteiger partial charge in [0.1, 0.15) is 17.4 Å². The van der Waals surface area contributed by atoms with Gasteiger partial charge in [0.05, 0.1) is 10.6 Å². The van der Waals surface area contributed by atoms with E-state index in [4.69, 9.17) is 4.74 Å². The summed E-state index contributed by atoms with van der Waals surface area (Å²) in [7, 11) is -3.63. The first-order chi connectivity index (χ1) is 12.7. The largest absolute Gasteiger partial charge is 0.484 e. The first-order valence-electron chi connectivity index (χ1n) is 8.21. The summed E-state index contributed by atoms with van der Waals surface area (Å²) in [6.45, 7) is 3.17. The lowest BCUT2D eigenvalue weighted by atomic mass is 10.3. The van der Waals surface area contributed by atoms with Gasteiger partial charge in [-0.1, -0.05) is 6.92 Å². The number of nitrogens with one attached hydrogen (secondary N) is 2. The molecule has 0 spiro atoms. The first kappa shape index (κ1) is 20.8. The molecule has 0 saturated carbocycles. The average molecular weight is 398 g/mol. The van der Waals surface area contributed by atoms with E-state index in [1.54, 1.807) is 6.92 Å². The Bertz CT molecular complexity index is 902. The Morgan fingerprint density at radius 1 is 1.15 bits per heavy atom. The predicted octanol–water partition coefficient (Wildman–Crippen LogP) is 3.06. The van der Waals surface area contributed by atoms with Crippen molar-refractivity contribution in [3.8, 4) is 5.75 Å². The van der Waals surface area contributed by atoms with Gasteiger partial charge in [-0.2, -0.15) is 0 Å². The van der Waals surface area contributed by atoms with Crippen molar-refractivity contribution in [1.29, 1.82) is 0 Å². The van der Waals surface area contributed by atoms with Gasteiger partial charge in [0, 0.05) is 12.1 Å². The zero-order valence-corrected chi connectivity index (χ0v) is 15.6.